The fraction of sp³-hybridized carbons (Fsp3) is 0.267. The predicted octanol–water partition coefficient (Wildman–Crippen LogP) is 2.27. The topological polar surface area (TPSA) is 84.5 Å². The average Bonchev–Trinajstić information content (AvgIpc) is 2.45. The van der Waals surface area contributed by atoms with Crippen molar-refractivity contribution in [3.8, 4) is 5.75 Å². The van der Waals surface area contributed by atoms with Crippen LogP contribution in [-0.2, 0) is 9.59 Å². The number of benzene rings is 1. The van der Waals surface area contributed by atoms with Gasteiger partial charge in [0.2, 0.25) is 0 Å². The van der Waals surface area contributed by atoms with Gasteiger partial charge in [0.05, 0.1) is 11.1 Å². The van der Waals surface area contributed by atoms with Crippen LogP contribution >= 0.6 is 11.6 Å². The summed E-state index contributed by atoms with van der Waals surface area (Å²) in [5, 5.41) is 4.39. The first kappa shape index (κ1) is 16.0. The summed E-state index contributed by atoms with van der Waals surface area (Å²) in [5.41, 5.74) is 0.391. The Labute approximate surface area is 132 Å². The van der Waals surface area contributed by atoms with Gasteiger partial charge in [-0.05, 0) is 37.1 Å². The van der Waals surface area contributed by atoms with Crippen LogP contribution in [0.25, 0.3) is 6.08 Å². The van der Waals surface area contributed by atoms with Crippen molar-refractivity contribution < 1.29 is 19.1 Å². The Bertz CT molecular complexity index is 648. The molecule has 1 saturated heterocycles. The highest BCUT2D eigenvalue weighted by Crippen LogP contribution is 2.27. The van der Waals surface area contributed by atoms with Crippen LogP contribution in [0.3, 0.4) is 0 Å². The molecule has 0 aliphatic carbocycles. The molecule has 1 aromatic carbocycles. The van der Waals surface area contributed by atoms with Gasteiger partial charge in [0.1, 0.15) is 11.3 Å². The van der Waals surface area contributed by atoms with Crippen molar-refractivity contribution in [3.05, 3.63) is 34.4 Å². The van der Waals surface area contributed by atoms with Crippen LogP contribution < -0.4 is 15.4 Å². The van der Waals surface area contributed by atoms with Crippen molar-refractivity contribution in [2.75, 3.05) is 0 Å². The SMILES string of the molecule is CCC(C)Oc1ccc(C=C2C(=O)NC(=O)NC2=O)cc1Cl. The third-order valence-electron chi connectivity index (χ3n) is 3.11. The highest BCUT2D eigenvalue weighted by atomic mass is 35.5. The summed E-state index contributed by atoms with van der Waals surface area (Å²) >= 11 is 6.13. The number of urea groups is 1. The number of amides is 4. The van der Waals surface area contributed by atoms with Gasteiger partial charge in [0.15, 0.2) is 0 Å². The van der Waals surface area contributed by atoms with Crippen LogP contribution in [0.4, 0.5) is 4.79 Å². The minimum Gasteiger partial charge on any atom is -0.489 e. The van der Waals surface area contributed by atoms with Gasteiger partial charge >= 0.3 is 6.03 Å². The quantitative estimate of drug-likeness (QED) is 0.658. The summed E-state index contributed by atoms with van der Waals surface area (Å²) < 4.78 is 5.64. The number of ether oxygens (including phenoxy) is 1. The number of nitrogens with one attached hydrogen (secondary N) is 2. The van der Waals surface area contributed by atoms with Crippen LogP contribution in [0.15, 0.2) is 23.8 Å². The van der Waals surface area contributed by atoms with E-state index in [2.05, 4.69) is 0 Å². The first-order valence-corrected chi connectivity index (χ1v) is 7.13. The zero-order valence-electron chi connectivity index (χ0n) is 12.1. The number of hydrogen-bond donors (Lipinski definition) is 2. The molecular weight excluding hydrogens is 308 g/mol. The number of barbiturate groups is 1. The maximum absolute atomic E-state index is 11.6. The number of halogens is 1. The number of carbonyl (C=O) groups excluding carboxylic acids is 3. The molecule has 1 fully saturated rings. The molecule has 1 aromatic rings. The third kappa shape index (κ3) is 3.65. The fourth-order valence-corrected chi connectivity index (χ4v) is 2.01. The Morgan fingerprint density at radius 2 is 1.86 bits per heavy atom. The molecule has 6 nitrogen and oxygen atoms in total. The fourth-order valence-electron chi connectivity index (χ4n) is 1.78. The Balaban J connectivity index is 2.25. The van der Waals surface area contributed by atoms with Crippen molar-refractivity contribution in [2.45, 2.75) is 26.4 Å². The summed E-state index contributed by atoms with van der Waals surface area (Å²) in [7, 11) is 0. The van der Waals surface area contributed by atoms with E-state index in [1.165, 1.54) is 6.08 Å². The molecule has 4 amide bonds. The molecule has 22 heavy (non-hydrogen) atoms. The van der Waals surface area contributed by atoms with Gasteiger partial charge in [-0.1, -0.05) is 24.6 Å². The molecule has 0 spiro atoms. The van der Waals surface area contributed by atoms with Crippen molar-refractivity contribution in [3.63, 3.8) is 0 Å². The first-order chi connectivity index (χ1) is 10.4. The largest absolute Gasteiger partial charge is 0.489 e. The second-order valence-electron chi connectivity index (χ2n) is 4.82. The lowest BCUT2D eigenvalue weighted by atomic mass is 10.1. The van der Waals surface area contributed by atoms with E-state index in [4.69, 9.17) is 16.3 Å². The van der Waals surface area contributed by atoms with Crippen molar-refractivity contribution in [1.29, 1.82) is 0 Å². The molecular formula is C15H15ClN2O4. The van der Waals surface area contributed by atoms with Crippen molar-refractivity contribution in [2.24, 2.45) is 0 Å². The number of imide groups is 2. The van der Waals surface area contributed by atoms with Gasteiger partial charge in [-0.2, -0.15) is 0 Å². The molecule has 0 saturated carbocycles. The van der Waals surface area contributed by atoms with Gasteiger partial charge in [-0.15, -0.1) is 0 Å². The van der Waals surface area contributed by atoms with Crippen LogP contribution in [0.5, 0.6) is 5.75 Å². The summed E-state index contributed by atoms with van der Waals surface area (Å²) in [4.78, 5) is 34.3. The summed E-state index contributed by atoms with van der Waals surface area (Å²) in [6, 6.07) is 4.10. The monoisotopic (exact) mass is 322 g/mol. The Hall–Kier alpha value is -2.34. The van der Waals surface area contributed by atoms with Crippen LogP contribution in [0, 0.1) is 0 Å². The Morgan fingerprint density at radius 1 is 1.23 bits per heavy atom. The molecule has 2 rings (SSSR count). The van der Waals surface area contributed by atoms with E-state index in [9.17, 15) is 14.4 Å². The molecule has 2 N–H and O–H groups in total. The van der Waals surface area contributed by atoms with Crippen LogP contribution in [0.1, 0.15) is 25.8 Å². The summed E-state index contributed by atoms with van der Waals surface area (Å²) in [6.45, 7) is 3.93. The van der Waals surface area contributed by atoms with E-state index in [0.717, 1.165) is 6.42 Å². The third-order valence-corrected chi connectivity index (χ3v) is 3.41. The molecule has 1 aliphatic heterocycles. The standard InChI is InChI=1S/C15H15ClN2O4/c1-3-8(2)22-12-5-4-9(7-11(12)16)6-10-13(19)17-15(21)18-14(10)20/h4-8H,3H2,1-2H3,(H2,17,18,19,20,21). The van der Waals surface area contributed by atoms with Gasteiger partial charge in [-0.3, -0.25) is 20.2 Å². The normalized spacial score (nSPS) is 16.0. The maximum atomic E-state index is 11.6. The van der Waals surface area contributed by atoms with E-state index < -0.39 is 17.8 Å². The Kier molecular flexibility index (Phi) is 4.82. The van der Waals surface area contributed by atoms with Crippen molar-refractivity contribution >= 4 is 35.5 Å². The van der Waals surface area contributed by atoms with Gasteiger partial charge in [0, 0.05) is 0 Å². The van der Waals surface area contributed by atoms with E-state index in [1.807, 2.05) is 24.5 Å². The molecule has 1 atom stereocenters. The molecule has 0 aromatic heterocycles. The lowest BCUT2D eigenvalue weighted by molar-refractivity contribution is -0.123. The highest BCUT2D eigenvalue weighted by Gasteiger charge is 2.27. The van der Waals surface area contributed by atoms with E-state index in [1.54, 1.807) is 18.2 Å². The molecule has 1 heterocycles. The Morgan fingerprint density at radius 3 is 2.41 bits per heavy atom. The van der Waals surface area contributed by atoms with Gasteiger partial charge < -0.3 is 4.74 Å². The van der Waals surface area contributed by atoms with E-state index in [-0.39, 0.29) is 11.7 Å². The summed E-state index contributed by atoms with van der Waals surface area (Å²) in [6.07, 6.45) is 2.23. The maximum Gasteiger partial charge on any atom is 0.328 e. The summed E-state index contributed by atoms with van der Waals surface area (Å²) in [5.74, 6) is -0.958. The molecule has 1 unspecified atom stereocenters. The van der Waals surface area contributed by atoms with E-state index >= 15 is 0 Å². The number of hydrogen-bond acceptors (Lipinski definition) is 4. The lowest BCUT2D eigenvalue weighted by Crippen LogP contribution is -2.51. The minimum atomic E-state index is -0.831. The van der Waals surface area contributed by atoms with Gasteiger partial charge in [-0.25, -0.2) is 4.79 Å². The zero-order valence-corrected chi connectivity index (χ0v) is 12.9. The zero-order chi connectivity index (χ0) is 16.3. The lowest BCUT2D eigenvalue weighted by Gasteiger charge is -2.15. The van der Waals surface area contributed by atoms with Gasteiger partial charge in [0.25, 0.3) is 11.8 Å². The molecule has 116 valence electrons. The second kappa shape index (κ2) is 6.62. The first-order valence-electron chi connectivity index (χ1n) is 6.75. The average molecular weight is 323 g/mol. The number of carbonyl (C=O) groups is 3. The molecule has 1 aliphatic rings. The second-order valence-corrected chi connectivity index (χ2v) is 5.23. The minimum absolute atomic E-state index is 0.0302. The van der Waals surface area contributed by atoms with E-state index in [0.29, 0.717) is 16.3 Å². The van der Waals surface area contributed by atoms with Crippen LogP contribution in [0.2, 0.25) is 5.02 Å². The molecule has 0 bridgehead atoms. The van der Waals surface area contributed by atoms with Crippen molar-refractivity contribution in [1.82, 2.24) is 10.6 Å². The molecule has 0 radical (unpaired) electrons. The predicted molar refractivity (Wildman–Crippen MR) is 81.5 cm³/mol. The smallest absolute Gasteiger partial charge is 0.328 e. The van der Waals surface area contributed by atoms with Crippen LogP contribution in [-0.4, -0.2) is 23.9 Å². The molecule has 7 heteroatoms. The highest BCUT2D eigenvalue weighted by molar-refractivity contribution is 6.33. The number of rotatable bonds is 4.